The molecule has 0 radical (unpaired) electrons. The van der Waals surface area contributed by atoms with Gasteiger partial charge in [-0.15, -0.1) is 0 Å². The third-order valence-corrected chi connectivity index (χ3v) is 8.23. The number of nitrogens with one attached hydrogen (secondary N) is 2. The standard InChI is InChI=1S/C33H39N5O2/c1-23-12-19-38(31-6-3-2-5-30(31)36-23)33(39)26-7-9-28(24-8-10-29-25(21-24)11-15-35-29)32(22-26)40-20-4-16-37-17-13-27(34)14-18-37/h2-3,5-11,15,21-23,27,35-36H,4,12-14,16-20,34H2,1H3/t23-/m0/s1. The van der Waals surface area contributed by atoms with Crippen LogP contribution in [0.2, 0.25) is 0 Å². The van der Waals surface area contributed by atoms with Gasteiger partial charge >= 0.3 is 0 Å². The highest BCUT2D eigenvalue weighted by molar-refractivity contribution is 6.08. The smallest absolute Gasteiger partial charge is 0.258 e. The predicted molar refractivity (Wildman–Crippen MR) is 163 cm³/mol. The van der Waals surface area contributed by atoms with Crippen LogP contribution in [0.15, 0.2) is 72.9 Å². The number of aromatic amines is 1. The summed E-state index contributed by atoms with van der Waals surface area (Å²) in [7, 11) is 0. The lowest BCUT2D eigenvalue weighted by Crippen LogP contribution is -2.40. The van der Waals surface area contributed by atoms with Gasteiger partial charge in [0.15, 0.2) is 0 Å². The Hall–Kier alpha value is -3.81. The van der Waals surface area contributed by atoms with E-state index in [0.29, 0.717) is 30.8 Å². The Labute approximate surface area is 236 Å². The molecule has 7 nitrogen and oxygen atoms in total. The summed E-state index contributed by atoms with van der Waals surface area (Å²) in [5.41, 5.74) is 11.8. The molecule has 2 aliphatic rings. The van der Waals surface area contributed by atoms with Gasteiger partial charge in [-0.05, 0) is 105 Å². The number of para-hydroxylation sites is 2. The number of benzene rings is 3. The molecule has 0 aliphatic carbocycles. The van der Waals surface area contributed by atoms with Gasteiger partial charge in [-0.25, -0.2) is 0 Å². The Morgan fingerprint density at radius 1 is 1.00 bits per heavy atom. The predicted octanol–water partition coefficient (Wildman–Crippen LogP) is 5.88. The topological polar surface area (TPSA) is 86.6 Å². The summed E-state index contributed by atoms with van der Waals surface area (Å²) in [4.78, 5) is 21.6. The molecule has 1 aromatic heterocycles. The molecular formula is C33H39N5O2. The van der Waals surface area contributed by atoms with Crippen molar-refractivity contribution in [2.24, 2.45) is 5.73 Å². The average molecular weight is 538 g/mol. The first-order valence-corrected chi connectivity index (χ1v) is 14.5. The van der Waals surface area contributed by atoms with E-state index in [9.17, 15) is 4.79 Å². The van der Waals surface area contributed by atoms with Crippen molar-refractivity contribution in [1.29, 1.82) is 0 Å². The maximum Gasteiger partial charge on any atom is 0.258 e. The number of piperidine rings is 1. The van der Waals surface area contributed by atoms with Crippen LogP contribution in [0, 0.1) is 0 Å². The van der Waals surface area contributed by atoms with Gasteiger partial charge in [0.25, 0.3) is 5.91 Å². The molecule has 3 aromatic carbocycles. The minimum absolute atomic E-state index is 0.00880. The molecule has 0 saturated carbocycles. The molecule has 2 aliphatic heterocycles. The number of hydrogen-bond acceptors (Lipinski definition) is 5. The van der Waals surface area contributed by atoms with Crippen LogP contribution in [0.5, 0.6) is 5.75 Å². The SMILES string of the molecule is C[C@H]1CCN(C(=O)c2ccc(-c3ccc4[nH]ccc4c3)c(OCCCN3CCC(N)CC3)c2)c2ccccc2N1. The van der Waals surface area contributed by atoms with Crippen molar-refractivity contribution in [2.75, 3.05) is 43.0 Å². The second kappa shape index (κ2) is 11.7. The number of nitrogens with two attached hydrogens (primary N) is 1. The zero-order chi connectivity index (χ0) is 27.5. The van der Waals surface area contributed by atoms with Crippen molar-refractivity contribution < 1.29 is 9.53 Å². The van der Waals surface area contributed by atoms with E-state index in [1.807, 2.05) is 53.6 Å². The minimum atomic E-state index is -0.00880. The quantitative estimate of drug-likeness (QED) is 0.257. The number of carbonyl (C=O) groups is 1. The molecule has 0 unspecified atom stereocenters. The van der Waals surface area contributed by atoms with Gasteiger partial charge in [-0.1, -0.05) is 18.2 Å². The molecule has 1 atom stereocenters. The average Bonchev–Trinajstić information content (AvgIpc) is 3.38. The van der Waals surface area contributed by atoms with Crippen molar-refractivity contribution in [3.63, 3.8) is 0 Å². The highest BCUT2D eigenvalue weighted by Crippen LogP contribution is 2.35. The largest absolute Gasteiger partial charge is 0.493 e. The number of H-pyrrole nitrogens is 1. The van der Waals surface area contributed by atoms with E-state index in [1.54, 1.807) is 0 Å². The third-order valence-electron chi connectivity index (χ3n) is 8.23. The van der Waals surface area contributed by atoms with Gasteiger partial charge in [0.1, 0.15) is 5.75 Å². The summed E-state index contributed by atoms with van der Waals surface area (Å²) in [6.07, 6.45) is 5.87. The third kappa shape index (κ3) is 5.71. The van der Waals surface area contributed by atoms with Crippen molar-refractivity contribution in [3.05, 3.63) is 78.5 Å². The fourth-order valence-electron chi connectivity index (χ4n) is 5.86. The van der Waals surface area contributed by atoms with E-state index in [4.69, 9.17) is 10.5 Å². The van der Waals surface area contributed by atoms with Gasteiger partial charge in [-0.2, -0.15) is 0 Å². The number of fused-ring (bicyclic) bond motifs is 2. The Kier molecular flexibility index (Phi) is 7.75. The van der Waals surface area contributed by atoms with Gasteiger partial charge in [-0.3, -0.25) is 4.79 Å². The minimum Gasteiger partial charge on any atom is -0.493 e. The van der Waals surface area contributed by atoms with E-state index < -0.39 is 0 Å². The fourth-order valence-corrected chi connectivity index (χ4v) is 5.86. The molecule has 4 aromatic rings. The lowest BCUT2D eigenvalue weighted by atomic mass is 10.0. The normalized spacial score (nSPS) is 18.2. The number of anilines is 2. The summed E-state index contributed by atoms with van der Waals surface area (Å²) in [6, 6.07) is 23.0. The molecule has 1 fully saturated rings. The highest BCUT2D eigenvalue weighted by atomic mass is 16.5. The maximum absolute atomic E-state index is 13.9. The summed E-state index contributed by atoms with van der Waals surface area (Å²) < 4.78 is 6.44. The van der Waals surface area contributed by atoms with Gasteiger partial charge < -0.3 is 30.6 Å². The molecule has 7 heteroatoms. The van der Waals surface area contributed by atoms with E-state index >= 15 is 0 Å². The lowest BCUT2D eigenvalue weighted by molar-refractivity contribution is 0.0986. The first kappa shape index (κ1) is 26.4. The molecule has 40 heavy (non-hydrogen) atoms. The lowest BCUT2D eigenvalue weighted by Gasteiger charge is -2.29. The number of likely N-dealkylation sites (tertiary alicyclic amines) is 1. The number of nitrogens with zero attached hydrogens (tertiary/aromatic N) is 2. The molecule has 3 heterocycles. The second-order valence-electron chi connectivity index (χ2n) is 11.2. The van der Waals surface area contributed by atoms with Crippen LogP contribution in [0.3, 0.4) is 0 Å². The summed E-state index contributed by atoms with van der Waals surface area (Å²) >= 11 is 0. The van der Waals surface area contributed by atoms with Gasteiger partial charge in [0.2, 0.25) is 0 Å². The Morgan fingerprint density at radius 3 is 2.73 bits per heavy atom. The Bertz CT molecular complexity index is 1470. The number of carbonyl (C=O) groups excluding carboxylic acids is 1. The number of rotatable bonds is 7. The molecular weight excluding hydrogens is 498 g/mol. The van der Waals surface area contributed by atoms with Gasteiger partial charge in [0, 0.05) is 48.0 Å². The van der Waals surface area contributed by atoms with Crippen LogP contribution in [-0.4, -0.2) is 60.7 Å². The van der Waals surface area contributed by atoms with Crippen LogP contribution in [0.1, 0.15) is 43.0 Å². The Balaban J connectivity index is 1.26. The molecule has 0 spiro atoms. The summed E-state index contributed by atoms with van der Waals surface area (Å²) in [5, 5.41) is 4.69. The Morgan fingerprint density at radius 2 is 1.85 bits per heavy atom. The van der Waals surface area contributed by atoms with Crippen LogP contribution >= 0.6 is 0 Å². The molecule has 0 bridgehead atoms. The fraction of sp³-hybridized carbons (Fsp3) is 0.364. The monoisotopic (exact) mass is 537 g/mol. The first-order valence-electron chi connectivity index (χ1n) is 14.5. The molecule has 4 N–H and O–H groups in total. The molecule has 6 rings (SSSR count). The number of ether oxygens (including phenoxy) is 1. The van der Waals surface area contributed by atoms with Crippen LogP contribution in [0.4, 0.5) is 11.4 Å². The van der Waals surface area contributed by atoms with Crippen LogP contribution in [-0.2, 0) is 0 Å². The second-order valence-corrected chi connectivity index (χ2v) is 11.2. The van der Waals surface area contributed by atoms with E-state index in [1.165, 1.54) is 0 Å². The van der Waals surface area contributed by atoms with Crippen LogP contribution < -0.4 is 20.7 Å². The van der Waals surface area contributed by atoms with Gasteiger partial charge in [0.05, 0.1) is 18.0 Å². The first-order chi connectivity index (χ1) is 19.5. The summed E-state index contributed by atoms with van der Waals surface area (Å²) in [5.74, 6) is 0.737. The molecule has 208 valence electrons. The van der Waals surface area contributed by atoms with Crippen molar-refractivity contribution in [3.8, 4) is 16.9 Å². The maximum atomic E-state index is 13.9. The number of amides is 1. The molecule has 1 saturated heterocycles. The zero-order valence-corrected chi connectivity index (χ0v) is 23.2. The van der Waals surface area contributed by atoms with E-state index in [0.717, 1.165) is 84.5 Å². The number of hydrogen-bond donors (Lipinski definition) is 3. The van der Waals surface area contributed by atoms with E-state index in [2.05, 4.69) is 46.4 Å². The van der Waals surface area contributed by atoms with E-state index in [-0.39, 0.29) is 5.91 Å². The van der Waals surface area contributed by atoms with Crippen LogP contribution in [0.25, 0.3) is 22.0 Å². The highest BCUT2D eigenvalue weighted by Gasteiger charge is 2.25. The van der Waals surface area contributed by atoms with Crippen molar-refractivity contribution >= 4 is 28.2 Å². The molecule has 1 amide bonds. The van der Waals surface area contributed by atoms with Crippen molar-refractivity contribution in [2.45, 2.75) is 44.7 Å². The number of aromatic nitrogens is 1. The van der Waals surface area contributed by atoms with Crippen molar-refractivity contribution in [1.82, 2.24) is 9.88 Å². The summed E-state index contributed by atoms with van der Waals surface area (Å²) in [6.45, 7) is 6.51. The zero-order valence-electron chi connectivity index (χ0n) is 23.2.